The molecule has 1 aliphatic heterocycles. The monoisotopic (exact) mass is 324 g/mol. The molecule has 0 spiro atoms. The Morgan fingerprint density at radius 2 is 1.63 bits per heavy atom. The summed E-state index contributed by atoms with van der Waals surface area (Å²) in [6.45, 7) is 10.7. The quantitative estimate of drug-likeness (QED) is 0.741. The molecule has 0 radical (unpaired) electrons. The highest BCUT2D eigenvalue weighted by molar-refractivity contribution is 9.09. The number of hydrogen-bond donors (Lipinski definition) is 0. The van der Waals surface area contributed by atoms with E-state index in [0.29, 0.717) is 34.8 Å². The Hall–Kier alpha value is -0.700. The Morgan fingerprint density at radius 3 is 2.21 bits per heavy atom. The summed E-state index contributed by atoms with van der Waals surface area (Å²) in [4.78, 5) is 0.369. The summed E-state index contributed by atoms with van der Waals surface area (Å²) in [5.41, 5.74) is 2.02. The highest BCUT2D eigenvalue weighted by Crippen LogP contribution is 2.74. The van der Waals surface area contributed by atoms with Crippen molar-refractivity contribution in [2.75, 3.05) is 13.2 Å². The number of alkyl halides is 1. The van der Waals surface area contributed by atoms with Gasteiger partial charge in [0.25, 0.3) is 0 Å². The first kappa shape index (κ1) is 13.3. The molecule has 0 amide bonds. The summed E-state index contributed by atoms with van der Waals surface area (Å²) in [5.74, 6) is 2.39. The van der Waals surface area contributed by atoms with Crippen molar-refractivity contribution >= 4 is 15.9 Å². The third-order valence-electron chi connectivity index (χ3n) is 5.31. The lowest BCUT2D eigenvalue weighted by atomic mass is 10.0. The minimum absolute atomic E-state index is 0.369. The van der Waals surface area contributed by atoms with Crippen LogP contribution in [0.5, 0.6) is 11.5 Å². The molecule has 3 heteroatoms. The van der Waals surface area contributed by atoms with E-state index < -0.39 is 0 Å². The van der Waals surface area contributed by atoms with Gasteiger partial charge in [-0.25, -0.2) is 0 Å². The maximum absolute atomic E-state index is 5.67. The van der Waals surface area contributed by atoms with E-state index >= 15 is 0 Å². The van der Waals surface area contributed by atoms with E-state index in [0.717, 1.165) is 11.5 Å². The molecule has 0 aromatic heterocycles. The molecule has 2 nitrogen and oxygen atoms in total. The standard InChI is InChI=1S/C16H21BrO2/c1-15(2)14(16(15,3)4)13(17)10-5-6-11-12(9-10)19-8-7-18-11/h5-6,9,13-14H,7-8H2,1-4H3. The second-order valence-corrected chi connectivity index (χ2v) is 7.71. The van der Waals surface area contributed by atoms with Gasteiger partial charge < -0.3 is 9.47 Å². The summed E-state index contributed by atoms with van der Waals surface area (Å²) in [7, 11) is 0. The average Bonchev–Trinajstić information content (AvgIpc) is 2.78. The van der Waals surface area contributed by atoms with Gasteiger partial charge in [0.15, 0.2) is 11.5 Å². The highest BCUT2D eigenvalue weighted by Gasteiger charge is 2.66. The molecule has 1 saturated carbocycles. The zero-order valence-electron chi connectivity index (χ0n) is 12.0. The van der Waals surface area contributed by atoms with Crippen molar-refractivity contribution in [3.63, 3.8) is 0 Å². The van der Waals surface area contributed by atoms with Crippen LogP contribution in [-0.2, 0) is 0 Å². The number of ether oxygens (including phenoxy) is 2. The number of fused-ring (bicyclic) bond motifs is 1. The normalized spacial score (nSPS) is 24.9. The summed E-state index contributed by atoms with van der Waals surface area (Å²) in [6, 6.07) is 6.30. The predicted octanol–water partition coefficient (Wildman–Crippen LogP) is 4.58. The molecular weight excluding hydrogens is 304 g/mol. The molecule has 19 heavy (non-hydrogen) atoms. The van der Waals surface area contributed by atoms with E-state index in [1.807, 2.05) is 6.07 Å². The minimum atomic E-state index is 0.369. The van der Waals surface area contributed by atoms with Gasteiger partial charge in [0.05, 0.1) is 0 Å². The van der Waals surface area contributed by atoms with Crippen LogP contribution in [-0.4, -0.2) is 13.2 Å². The molecule has 1 unspecified atom stereocenters. The molecule has 3 rings (SSSR count). The highest BCUT2D eigenvalue weighted by atomic mass is 79.9. The summed E-state index contributed by atoms with van der Waals surface area (Å²) in [6.07, 6.45) is 0. The third kappa shape index (κ3) is 1.89. The zero-order chi connectivity index (χ0) is 13.8. The van der Waals surface area contributed by atoms with E-state index in [1.54, 1.807) is 0 Å². The smallest absolute Gasteiger partial charge is 0.161 e. The third-order valence-corrected chi connectivity index (χ3v) is 6.37. The lowest BCUT2D eigenvalue weighted by Gasteiger charge is -2.20. The van der Waals surface area contributed by atoms with E-state index in [2.05, 4.69) is 55.8 Å². The van der Waals surface area contributed by atoms with Crippen molar-refractivity contribution < 1.29 is 9.47 Å². The molecule has 2 aliphatic rings. The van der Waals surface area contributed by atoms with Crippen molar-refractivity contribution in [3.8, 4) is 11.5 Å². The van der Waals surface area contributed by atoms with Crippen molar-refractivity contribution in [1.29, 1.82) is 0 Å². The van der Waals surface area contributed by atoms with Gasteiger partial charge in [0.2, 0.25) is 0 Å². The molecule has 104 valence electrons. The first-order valence-electron chi connectivity index (χ1n) is 6.89. The second-order valence-electron chi connectivity index (χ2n) is 6.73. The van der Waals surface area contributed by atoms with Crippen LogP contribution in [0, 0.1) is 16.7 Å². The number of hydrogen-bond acceptors (Lipinski definition) is 2. The fourth-order valence-corrected chi connectivity index (χ4v) is 5.01. The summed E-state index contributed by atoms with van der Waals surface area (Å²) in [5, 5.41) is 0. The Labute approximate surface area is 123 Å². The molecule has 1 aliphatic carbocycles. The van der Waals surface area contributed by atoms with E-state index in [1.165, 1.54) is 5.56 Å². The molecule has 1 aromatic carbocycles. The molecule has 1 atom stereocenters. The van der Waals surface area contributed by atoms with Crippen molar-refractivity contribution in [2.24, 2.45) is 16.7 Å². The molecule has 1 heterocycles. The number of benzene rings is 1. The first-order chi connectivity index (χ1) is 8.85. The molecule has 0 saturated heterocycles. The van der Waals surface area contributed by atoms with Crippen LogP contribution in [0.2, 0.25) is 0 Å². The van der Waals surface area contributed by atoms with Crippen LogP contribution in [0.25, 0.3) is 0 Å². The average molecular weight is 325 g/mol. The molecule has 1 aromatic rings. The van der Waals surface area contributed by atoms with Gasteiger partial charge >= 0.3 is 0 Å². The fourth-order valence-electron chi connectivity index (χ4n) is 3.40. The van der Waals surface area contributed by atoms with Crippen molar-refractivity contribution in [1.82, 2.24) is 0 Å². The van der Waals surface area contributed by atoms with Crippen LogP contribution < -0.4 is 9.47 Å². The number of rotatable bonds is 2. The Morgan fingerprint density at radius 1 is 1.05 bits per heavy atom. The zero-order valence-corrected chi connectivity index (χ0v) is 13.6. The van der Waals surface area contributed by atoms with Crippen molar-refractivity contribution in [2.45, 2.75) is 32.5 Å². The summed E-state index contributed by atoms with van der Waals surface area (Å²) >= 11 is 3.90. The second kappa shape index (κ2) is 4.15. The van der Waals surface area contributed by atoms with Gasteiger partial charge in [-0.05, 0) is 34.4 Å². The Kier molecular flexibility index (Phi) is 2.90. The Bertz CT molecular complexity index is 493. The van der Waals surface area contributed by atoms with Gasteiger partial charge in [0.1, 0.15) is 13.2 Å². The topological polar surface area (TPSA) is 18.5 Å². The maximum Gasteiger partial charge on any atom is 0.161 e. The van der Waals surface area contributed by atoms with Crippen LogP contribution in [0.3, 0.4) is 0 Å². The van der Waals surface area contributed by atoms with Gasteiger partial charge in [-0.3, -0.25) is 0 Å². The van der Waals surface area contributed by atoms with Gasteiger partial charge in [-0.1, -0.05) is 49.7 Å². The lowest BCUT2D eigenvalue weighted by Crippen LogP contribution is -2.15. The van der Waals surface area contributed by atoms with Crippen LogP contribution in [0.1, 0.15) is 38.1 Å². The molecule has 0 N–H and O–H groups in total. The van der Waals surface area contributed by atoms with E-state index in [-0.39, 0.29) is 0 Å². The van der Waals surface area contributed by atoms with Crippen LogP contribution in [0.4, 0.5) is 0 Å². The van der Waals surface area contributed by atoms with Crippen molar-refractivity contribution in [3.05, 3.63) is 23.8 Å². The minimum Gasteiger partial charge on any atom is -0.486 e. The number of halogens is 1. The SMILES string of the molecule is CC1(C)C(C(Br)c2ccc3c(c2)OCCO3)C1(C)C. The van der Waals surface area contributed by atoms with Gasteiger partial charge in [0, 0.05) is 4.83 Å². The van der Waals surface area contributed by atoms with E-state index in [9.17, 15) is 0 Å². The molecule has 0 bridgehead atoms. The van der Waals surface area contributed by atoms with Crippen LogP contribution in [0.15, 0.2) is 18.2 Å². The fraction of sp³-hybridized carbons (Fsp3) is 0.625. The van der Waals surface area contributed by atoms with E-state index in [4.69, 9.17) is 9.47 Å². The Balaban J connectivity index is 1.87. The predicted molar refractivity (Wildman–Crippen MR) is 80.2 cm³/mol. The van der Waals surface area contributed by atoms with Gasteiger partial charge in [-0.2, -0.15) is 0 Å². The maximum atomic E-state index is 5.67. The van der Waals surface area contributed by atoms with Gasteiger partial charge in [-0.15, -0.1) is 0 Å². The summed E-state index contributed by atoms with van der Waals surface area (Å²) < 4.78 is 11.2. The molecule has 1 fully saturated rings. The molecular formula is C16H21BrO2. The van der Waals surface area contributed by atoms with Crippen LogP contribution >= 0.6 is 15.9 Å². The first-order valence-corrected chi connectivity index (χ1v) is 7.81. The largest absolute Gasteiger partial charge is 0.486 e. The lowest BCUT2D eigenvalue weighted by molar-refractivity contribution is 0.171.